The van der Waals surface area contributed by atoms with Crippen LogP contribution in [-0.4, -0.2) is 66.1 Å². The third-order valence-corrected chi connectivity index (χ3v) is 16.1. The van der Waals surface area contributed by atoms with Crippen molar-refractivity contribution >= 4 is 40.0 Å². The molecule has 372 valence electrons. The molecule has 69 heavy (non-hydrogen) atoms. The van der Waals surface area contributed by atoms with Crippen LogP contribution >= 0.6 is 34.0 Å². The molecule has 0 fully saturated rings. The minimum absolute atomic E-state index is 0.365. The first-order chi connectivity index (χ1) is 33.9. The van der Waals surface area contributed by atoms with Crippen molar-refractivity contribution in [3.8, 4) is 31.7 Å². The van der Waals surface area contributed by atoms with E-state index in [4.69, 9.17) is 4.74 Å². The van der Waals surface area contributed by atoms with Crippen LogP contribution in [0, 0.1) is 0 Å². The van der Waals surface area contributed by atoms with Gasteiger partial charge in [0, 0.05) is 36.0 Å². The van der Waals surface area contributed by atoms with E-state index in [0.29, 0.717) is 16.7 Å². The summed E-state index contributed by atoms with van der Waals surface area (Å²) in [4.78, 5) is 15.1. The summed E-state index contributed by atoms with van der Waals surface area (Å²) in [6.07, 6.45) is 27.7. The highest BCUT2D eigenvalue weighted by molar-refractivity contribution is 7.15. The lowest BCUT2D eigenvalue weighted by atomic mass is 9.69. The molecule has 6 rings (SSSR count). The van der Waals surface area contributed by atoms with E-state index in [1.807, 2.05) is 72.8 Å². The van der Waals surface area contributed by atoms with Gasteiger partial charge in [-0.2, -0.15) is 0 Å². The molecule has 0 bridgehead atoms. The molecule has 10 nitrogen and oxygen atoms in total. The average Bonchev–Trinajstić information content (AvgIpc) is 4.18. The average molecular weight is 993 g/mol. The van der Waals surface area contributed by atoms with E-state index >= 15 is 4.79 Å². The van der Waals surface area contributed by atoms with E-state index in [2.05, 4.69) is 51.4 Å². The quantitative estimate of drug-likeness (QED) is 0.0228. The van der Waals surface area contributed by atoms with Gasteiger partial charge in [0.25, 0.3) is 0 Å². The second kappa shape index (κ2) is 29.8. The van der Waals surface area contributed by atoms with Gasteiger partial charge in [-0.05, 0) is 36.0 Å². The lowest BCUT2D eigenvalue weighted by molar-refractivity contribution is -0.151. The van der Waals surface area contributed by atoms with Crippen molar-refractivity contribution in [3.63, 3.8) is 0 Å². The minimum Gasteiger partial charge on any atom is -0.462 e. The standard InChI is InChI=1S/C56H76N6O4S3/c1-4-7-10-13-16-19-22-25-49-57-60-52(67-49)42-28-34-45(35-29-42)56(55(65)66-41-48(64)40-63,46-36-30-43(31-37-46)53-61-58-50(68-53)26-23-20-17-14-11-8-5-2)47-38-32-44(33-39-47)54-62-59-51(69-54)27-24-21-18-15-12-9-6-3/h28-39,48,63-64H,4-27,40-41H2,1-3H3. The fourth-order valence-corrected chi connectivity index (χ4v) is 11.5. The first-order valence-corrected chi connectivity index (χ1v) is 28.6. The molecule has 0 aliphatic heterocycles. The maximum absolute atomic E-state index is 15.1. The maximum Gasteiger partial charge on any atom is 0.325 e. The largest absolute Gasteiger partial charge is 0.462 e. The summed E-state index contributed by atoms with van der Waals surface area (Å²) in [5, 5.41) is 53.2. The Morgan fingerprint density at radius 3 is 1.04 bits per heavy atom. The number of hydrogen-bond donors (Lipinski definition) is 2. The highest BCUT2D eigenvalue weighted by atomic mass is 32.1. The Bertz CT molecular complexity index is 2100. The maximum atomic E-state index is 15.1. The highest BCUT2D eigenvalue weighted by Crippen LogP contribution is 2.43. The second-order valence-electron chi connectivity index (χ2n) is 18.5. The van der Waals surface area contributed by atoms with E-state index in [-0.39, 0.29) is 6.61 Å². The summed E-state index contributed by atoms with van der Waals surface area (Å²) >= 11 is 4.86. The van der Waals surface area contributed by atoms with Crippen molar-refractivity contribution in [1.82, 2.24) is 30.6 Å². The summed E-state index contributed by atoms with van der Waals surface area (Å²) in [5.41, 5.74) is 3.33. The molecule has 0 radical (unpaired) electrons. The second-order valence-corrected chi connectivity index (χ2v) is 21.7. The number of benzene rings is 3. The van der Waals surface area contributed by atoms with Gasteiger partial charge in [-0.25, -0.2) is 0 Å². The van der Waals surface area contributed by atoms with Crippen molar-refractivity contribution in [2.75, 3.05) is 13.2 Å². The molecule has 0 saturated heterocycles. The van der Waals surface area contributed by atoms with E-state index < -0.39 is 24.1 Å². The van der Waals surface area contributed by atoms with Crippen molar-refractivity contribution in [1.29, 1.82) is 0 Å². The fourth-order valence-electron chi connectivity index (χ4n) is 8.89. The summed E-state index contributed by atoms with van der Waals surface area (Å²) in [6, 6.07) is 23.8. The number of carbonyl (C=O) groups is 1. The first-order valence-electron chi connectivity index (χ1n) is 26.2. The molecule has 0 aliphatic rings. The van der Waals surface area contributed by atoms with Gasteiger partial charge in [-0.1, -0.05) is 243 Å². The van der Waals surface area contributed by atoms with Gasteiger partial charge < -0.3 is 14.9 Å². The first kappa shape index (κ1) is 54.1. The molecule has 3 heterocycles. The molecule has 0 aliphatic carbocycles. The monoisotopic (exact) mass is 993 g/mol. The number of rotatable bonds is 34. The van der Waals surface area contributed by atoms with Crippen LogP contribution in [0.2, 0.25) is 0 Å². The van der Waals surface area contributed by atoms with Crippen LogP contribution in [0.3, 0.4) is 0 Å². The van der Waals surface area contributed by atoms with Gasteiger partial charge in [0.1, 0.15) is 48.2 Å². The number of unbranched alkanes of at least 4 members (excludes halogenated alkanes) is 18. The molecule has 0 saturated carbocycles. The number of aliphatic hydroxyl groups excluding tert-OH is 2. The molecule has 13 heteroatoms. The summed E-state index contributed by atoms with van der Waals surface area (Å²) in [5.74, 6) is -0.572. The number of carbonyl (C=O) groups excluding carboxylic acids is 1. The Labute approximate surface area is 423 Å². The van der Waals surface area contributed by atoms with Gasteiger partial charge in [0.05, 0.1) is 6.61 Å². The third kappa shape index (κ3) is 16.1. The number of aryl methyl sites for hydroxylation is 3. The Hall–Kier alpha value is -4.27. The molecule has 1 atom stereocenters. The molecule has 3 aromatic carbocycles. The van der Waals surface area contributed by atoms with Crippen LogP contribution in [0.15, 0.2) is 72.8 Å². The molecule has 0 amide bonds. The van der Waals surface area contributed by atoms with Gasteiger partial charge in [-0.15, -0.1) is 30.6 Å². The number of ether oxygens (including phenoxy) is 1. The van der Waals surface area contributed by atoms with Crippen LogP contribution in [0.5, 0.6) is 0 Å². The molecular formula is C56H76N6O4S3. The van der Waals surface area contributed by atoms with Crippen molar-refractivity contribution < 1.29 is 19.7 Å². The van der Waals surface area contributed by atoms with Crippen LogP contribution in [0.25, 0.3) is 31.7 Å². The number of esters is 1. The van der Waals surface area contributed by atoms with Crippen LogP contribution in [0.4, 0.5) is 0 Å². The Morgan fingerprint density at radius 2 is 0.754 bits per heavy atom. The van der Waals surface area contributed by atoms with Crippen LogP contribution < -0.4 is 0 Å². The van der Waals surface area contributed by atoms with Gasteiger partial charge in [-0.3, -0.25) is 4.79 Å². The number of aromatic nitrogens is 6. The van der Waals surface area contributed by atoms with Crippen molar-refractivity contribution in [3.05, 3.63) is 105 Å². The van der Waals surface area contributed by atoms with Crippen LogP contribution in [0.1, 0.15) is 187 Å². The highest BCUT2D eigenvalue weighted by Gasteiger charge is 2.46. The molecule has 0 spiro atoms. The van der Waals surface area contributed by atoms with Gasteiger partial charge in [0.2, 0.25) is 0 Å². The zero-order chi connectivity index (χ0) is 48.5. The molecule has 2 N–H and O–H groups in total. The van der Waals surface area contributed by atoms with Gasteiger partial charge in [0.15, 0.2) is 0 Å². The summed E-state index contributed by atoms with van der Waals surface area (Å²) in [6.45, 7) is 5.84. The predicted molar refractivity (Wildman–Crippen MR) is 285 cm³/mol. The molecule has 6 aromatic rings. The Balaban J connectivity index is 1.29. The molecule has 3 aromatic heterocycles. The normalized spacial score (nSPS) is 12.2. The number of hydrogen-bond acceptors (Lipinski definition) is 13. The third-order valence-electron chi connectivity index (χ3n) is 13.0. The SMILES string of the molecule is CCCCCCCCCc1nnc(-c2ccc(C(C(=O)OCC(O)CO)(c3ccc(-c4nnc(CCCCCCCCC)s4)cc3)c3ccc(-c4nnc(CCCCCCCCC)s4)cc3)cc2)s1. The summed E-state index contributed by atoms with van der Waals surface area (Å²) < 4.78 is 5.99. The lowest BCUT2D eigenvalue weighted by Gasteiger charge is -2.34. The Kier molecular flexibility index (Phi) is 23.4. The molecule has 1 unspecified atom stereocenters. The smallest absolute Gasteiger partial charge is 0.325 e. The topological polar surface area (TPSA) is 144 Å². The van der Waals surface area contributed by atoms with Crippen LogP contribution in [-0.2, 0) is 34.2 Å². The summed E-state index contributed by atoms with van der Waals surface area (Å²) in [7, 11) is 0. The van der Waals surface area contributed by atoms with Gasteiger partial charge >= 0.3 is 5.97 Å². The Morgan fingerprint density at radius 1 is 0.464 bits per heavy atom. The predicted octanol–water partition coefficient (Wildman–Crippen LogP) is 14.4. The van der Waals surface area contributed by atoms with Crippen molar-refractivity contribution in [2.24, 2.45) is 0 Å². The number of nitrogens with zero attached hydrogens (tertiary/aromatic N) is 6. The number of aliphatic hydroxyl groups is 2. The van der Waals surface area contributed by atoms with Crippen molar-refractivity contribution in [2.45, 2.75) is 186 Å². The zero-order valence-corrected chi connectivity index (χ0v) is 44.0. The van der Waals surface area contributed by atoms with E-state index in [0.717, 1.165) is 85.3 Å². The van der Waals surface area contributed by atoms with E-state index in [1.165, 1.54) is 116 Å². The minimum atomic E-state index is -1.47. The zero-order valence-electron chi connectivity index (χ0n) is 41.5. The lowest BCUT2D eigenvalue weighted by Crippen LogP contribution is -2.41. The van der Waals surface area contributed by atoms with E-state index in [9.17, 15) is 10.2 Å². The van der Waals surface area contributed by atoms with E-state index in [1.54, 1.807) is 34.0 Å². The fraction of sp³-hybridized carbons (Fsp3) is 0.554. The molecular weight excluding hydrogens is 917 g/mol.